The number of benzene rings is 3. The third-order valence-corrected chi connectivity index (χ3v) is 12.9. The molecule has 2 N–H and O–H groups in total. The molecule has 3 aromatic carbocycles. The van der Waals surface area contributed by atoms with Crippen LogP contribution in [0.25, 0.3) is 10.8 Å². The van der Waals surface area contributed by atoms with Crippen LogP contribution < -0.4 is 0 Å². The van der Waals surface area contributed by atoms with Crippen molar-refractivity contribution in [1.82, 2.24) is 0 Å². The highest BCUT2D eigenvalue weighted by Crippen LogP contribution is 2.64. The second-order valence-electron chi connectivity index (χ2n) is 16.4. The van der Waals surface area contributed by atoms with Gasteiger partial charge in [-0.1, -0.05) is 74.5 Å². The molecule has 1 saturated heterocycles. The molecule has 4 aliphatic rings. The number of fused-ring (bicyclic) bond motifs is 6. The number of rotatable bonds is 8. The molecule has 0 spiro atoms. The van der Waals surface area contributed by atoms with Gasteiger partial charge < -0.3 is 33.9 Å². The fourth-order valence-electron chi connectivity index (χ4n) is 10.0. The monoisotopic (exact) mass is 768 g/mol. The Morgan fingerprint density at radius 2 is 1.55 bits per heavy atom. The lowest BCUT2D eigenvalue weighted by molar-refractivity contribution is -0.346. The van der Waals surface area contributed by atoms with Gasteiger partial charge in [0.05, 0.1) is 29.6 Å². The Morgan fingerprint density at radius 1 is 0.875 bits per heavy atom. The number of aryl methyl sites for hydroxylation is 1. The number of carbonyl (C=O) groups excluding carboxylic acids is 5. The van der Waals surface area contributed by atoms with Crippen LogP contribution in [-0.4, -0.2) is 88.2 Å². The summed E-state index contributed by atoms with van der Waals surface area (Å²) in [6.45, 7) is 8.48. The number of aliphatic hydroxyl groups excluding tert-OH is 1. The number of carbonyl (C=O) groups is 5. The molecule has 9 atom stereocenters. The minimum Gasteiger partial charge on any atom is -0.461 e. The second-order valence-corrected chi connectivity index (χ2v) is 16.4. The van der Waals surface area contributed by atoms with Crippen LogP contribution in [0.4, 0.5) is 0 Å². The maximum absolute atomic E-state index is 15.7. The third-order valence-electron chi connectivity index (χ3n) is 12.9. The average molecular weight is 769 g/mol. The highest BCUT2D eigenvalue weighted by atomic mass is 16.6. The molecule has 0 aromatic heterocycles. The van der Waals surface area contributed by atoms with Gasteiger partial charge in [-0.15, -0.1) is 0 Å². The molecule has 3 fully saturated rings. The first kappa shape index (κ1) is 39.3. The van der Waals surface area contributed by atoms with E-state index in [4.69, 9.17) is 23.7 Å². The Labute approximate surface area is 325 Å². The van der Waals surface area contributed by atoms with Crippen molar-refractivity contribution in [2.75, 3.05) is 6.61 Å². The van der Waals surface area contributed by atoms with Gasteiger partial charge in [-0.2, -0.15) is 0 Å². The molecule has 1 aliphatic heterocycles. The predicted molar refractivity (Wildman–Crippen MR) is 201 cm³/mol. The Hall–Kier alpha value is -4.91. The van der Waals surface area contributed by atoms with Crippen LogP contribution in [0, 0.1) is 16.7 Å². The van der Waals surface area contributed by atoms with Crippen molar-refractivity contribution >= 4 is 40.4 Å². The van der Waals surface area contributed by atoms with Crippen LogP contribution in [0.2, 0.25) is 0 Å². The maximum atomic E-state index is 15.7. The minimum absolute atomic E-state index is 0.0622. The van der Waals surface area contributed by atoms with E-state index in [0.29, 0.717) is 12.0 Å². The molecular weight excluding hydrogens is 720 g/mol. The van der Waals surface area contributed by atoms with Gasteiger partial charge in [-0.3, -0.25) is 19.2 Å². The van der Waals surface area contributed by atoms with Crippen molar-refractivity contribution in [3.05, 3.63) is 95.1 Å². The van der Waals surface area contributed by atoms with Gasteiger partial charge in [-0.05, 0) is 59.9 Å². The first-order chi connectivity index (χ1) is 26.5. The topological polar surface area (TPSA) is 172 Å². The lowest BCUT2D eigenvalue weighted by atomic mass is 9.44. The van der Waals surface area contributed by atoms with Crippen molar-refractivity contribution in [3.8, 4) is 0 Å². The summed E-state index contributed by atoms with van der Waals surface area (Å²) in [5.41, 5.74) is -5.84. The summed E-state index contributed by atoms with van der Waals surface area (Å²) >= 11 is 0. The van der Waals surface area contributed by atoms with Gasteiger partial charge in [0.15, 0.2) is 17.5 Å². The molecule has 0 radical (unpaired) electrons. The molecule has 3 aliphatic carbocycles. The summed E-state index contributed by atoms with van der Waals surface area (Å²) in [6, 6.07) is 21.7. The number of hydrogen-bond acceptors (Lipinski definition) is 12. The zero-order chi connectivity index (χ0) is 40.4. The normalized spacial score (nSPS) is 33.1. The number of aliphatic hydroxyl groups is 2. The predicted octanol–water partition coefficient (Wildman–Crippen LogP) is 4.99. The number of Topliss-reactive ketones (excluding diaryl/α,β-unsaturated/α-hetero) is 1. The standard InChI is InChI=1S/C44H48O12/c1-24-31(47)22-44(51)39(55-40(50)29-14-8-7-9-15-29)37-42(6,38(49)36(53-25(2)45)35(24)41(44,4)5)32(21-33-43(37,23-52-33)56-26(3)46)54-34(48)20-19-28-17-12-16-27-13-10-11-18-30(27)28/h7-18,31-33,36-37,39,47,51H,19-23H2,1-6H3/t31-,32-,33+,36+,37-,39-,42+,43-,44+/m0/s1. The number of ketones is 1. The van der Waals surface area contributed by atoms with Crippen LogP contribution in [0.15, 0.2) is 83.9 Å². The van der Waals surface area contributed by atoms with Crippen molar-refractivity contribution in [2.24, 2.45) is 16.7 Å². The first-order valence-corrected chi connectivity index (χ1v) is 19.0. The number of esters is 4. The summed E-state index contributed by atoms with van der Waals surface area (Å²) in [5, 5.41) is 26.9. The fourth-order valence-corrected chi connectivity index (χ4v) is 10.0. The lowest BCUT2D eigenvalue weighted by Gasteiger charge is -2.67. The van der Waals surface area contributed by atoms with Gasteiger partial charge in [0.1, 0.15) is 23.9 Å². The molecule has 12 heteroatoms. The molecule has 296 valence electrons. The summed E-state index contributed by atoms with van der Waals surface area (Å²) in [6.07, 6.45) is -7.20. The highest BCUT2D eigenvalue weighted by Gasteiger charge is 2.79. The molecule has 1 heterocycles. The van der Waals surface area contributed by atoms with E-state index in [1.807, 2.05) is 42.5 Å². The first-order valence-electron chi connectivity index (χ1n) is 19.0. The van der Waals surface area contributed by atoms with E-state index in [1.54, 1.807) is 39.0 Å². The molecule has 0 amide bonds. The largest absolute Gasteiger partial charge is 0.461 e. The van der Waals surface area contributed by atoms with E-state index in [-0.39, 0.29) is 37.0 Å². The summed E-state index contributed by atoms with van der Waals surface area (Å²) < 4.78 is 30.8. The Balaban J connectivity index is 1.40. The highest BCUT2D eigenvalue weighted by molar-refractivity contribution is 5.96. The van der Waals surface area contributed by atoms with Crippen LogP contribution in [0.1, 0.15) is 76.7 Å². The van der Waals surface area contributed by atoms with E-state index in [0.717, 1.165) is 23.3 Å². The van der Waals surface area contributed by atoms with Crippen LogP contribution in [-0.2, 0) is 49.3 Å². The molecular formula is C44H48O12. The van der Waals surface area contributed by atoms with Gasteiger partial charge in [0, 0.05) is 38.5 Å². The van der Waals surface area contributed by atoms with Crippen molar-refractivity contribution in [1.29, 1.82) is 0 Å². The van der Waals surface area contributed by atoms with Crippen molar-refractivity contribution in [2.45, 2.75) is 109 Å². The van der Waals surface area contributed by atoms with E-state index < -0.39 is 88.1 Å². The minimum atomic E-state index is -2.19. The van der Waals surface area contributed by atoms with Crippen molar-refractivity contribution in [3.63, 3.8) is 0 Å². The molecule has 12 nitrogen and oxygen atoms in total. The molecule has 0 unspecified atom stereocenters. The summed E-state index contributed by atoms with van der Waals surface area (Å²) in [4.78, 5) is 69.7. The van der Waals surface area contributed by atoms with E-state index in [2.05, 4.69) is 0 Å². The molecule has 2 saturated carbocycles. The Bertz CT molecular complexity index is 2120. The van der Waals surface area contributed by atoms with Crippen LogP contribution in [0.5, 0.6) is 0 Å². The van der Waals surface area contributed by atoms with Crippen molar-refractivity contribution < 1.29 is 57.9 Å². The molecule has 56 heavy (non-hydrogen) atoms. The van der Waals surface area contributed by atoms with Gasteiger partial charge in [-0.25, -0.2) is 4.79 Å². The average Bonchev–Trinajstić information content (AvgIpc) is 3.15. The summed E-state index contributed by atoms with van der Waals surface area (Å²) in [7, 11) is 0. The fraction of sp³-hybridized carbons (Fsp3) is 0.477. The van der Waals surface area contributed by atoms with E-state index in [9.17, 15) is 29.4 Å². The summed E-state index contributed by atoms with van der Waals surface area (Å²) in [5.74, 6) is -5.20. The third kappa shape index (κ3) is 6.13. The van der Waals surface area contributed by atoms with Crippen LogP contribution in [0.3, 0.4) is 0 Å². The zero-order valence-corrected chi connectivity index (χ0v) is 32.4. The molecule has 7 rings (SSSR count). The quantitative estimate of drug-likeness (QED) is 0.179. The number of ether oxygens (including phenoxy) is 5. The maximum Gasteiger partial charge on any atom is 0.338 e. The SMILES string of the molecule is CC(=O)O[C@H]1C(=O)[C@]2(C)[C@@H](OC(=O)CCc3cccc4ccccc34)C[C@H]3OC[C@@]3(OC(C)=O)[C@H]2[C@H](OC(=O)c2ccccc2)[C@]2(O)C[C@H](O)C(C)=C1C2(C)C. The second kappa shape index (κ2) is 14.2. The van der Waals surface area contributed by atoms with E-state index >= 15 is 4.79 Å². The molecule has 3 aromatic rings. The Kier molecular flexibility index (Phi) is 10.00. The Morgan fingerprint density at radius 3 is 2.21 bits per heavy atom. The zero-order valence-electron chi connectivity index (χ0n) is 32.4. The van der Waals surface area contributed by atoms with Gasteiger partial charge in [0.2, 0.25) is 0 Å². The van der Waals surface area contributed by atoms with Gasteiger partial charge in [0.25, 0.3) is 0 Å². The number of hydrogen-bond donors (Lipinski definition) is 2. The van der Waals surface area contributed by atoms with Crippen LogP contribution >= 0.6 is 0 Å². The van der Waals surface area contributed by atoms with E-state index in [1.165, 1.54) is 26.0 Å². The molecule has 2 bridgehead atoms. The smallest absolute Gasteiger partial charge is 0.338 e. The lowest BCUT2D eigenvalue weighted by Crippen LogP contribution is -2.82. The van der Waals surface area contributed by atoms with Gasteiger partial charge >= 0.3 is 23.9 Å².